The van der Waals surface area contributed by atoms with E-state index in [9.17, 15) is 4.79 Å². The van der Waals surface area contributed by atoms with Crippen molar-refractivity contribution in [1.29, 1.82) is 0 Å². The maximum Gasteiger partial charge on any atom is 0.338 e. The molecule has 5 heteroatoms. The van der Waals surface area contributed by atoms with Crippen LogP contribution in [-0.4, -0.2) is 31.9 Å². The number of hydrogen-bond donors (Lipinski definition) is 0. The Bertz CT molecular complexity index is 705. The summed E-state index contributed by atoms with van der Waals surface area (Å²) in [5, 5.41) is 0. The van der Waals surface area contributed by atoms with Crippen molar-refractivity contribution < 1.29 is 23.7 Å². The molecule has 0 aromatic heterocycles. The van der Waals surface area contributed by atoms with Gasteiger partial charge < -0.3 is 18.9 Å². The average molecular weight is 356 g/mol. The maximum atomic E-state index is 12.2. The first-order valence-electron chi connectivity index (χ1n) is 8.98. The summed E-state index contributed by atoms with van der Waals surface area (Å²) in [5.74, 6) is 1.24. The number of carbonyl (C=O) groups is 1. The van der Waals surface area contributed by atoms with E-state index < -0.39 is 0 Å². The standard InChI is InChI=1S/C21H24O5/c1-2-23-18-8-10-19(11-9-18)25-14-16-5-3-6-17(13-16)21(22)26-15-20-7-4-12-24-20/h3,5-6,8-11,13,20H,2,4,7,12,14-15H2,1H3/t20-/m1/s1. The van der Waals surface area contributed by atoms with E-state index in [1.165, 1.54) is 0 Å². The predicted molar refractivity (Wildman–Crippen MR) is 97.6 cm³/mol. The summed E-state index contributed by atoms with van der Waals surface area (Å²) in [4.78, 5) is 12.2. The van der Waals surface area contributed by atoms with E-state index in [0.29, 0.717) is 25.4 Å². The second-order valence-electron chi connectivity index (χ2n) is 6.13. The summed E-state index contributed by atoms with van der Waals surface area (Å²) >= 11 is 0. The first-order valence-corrected chi connectivity index (χ1v) is 8.98. The van der Waals surface area contributed by atoms with Crippen molar-refractivity contribution in [2.75, 3.05) is 19.8 Å². The van der Waals surface area contributed by atoms with Crippen molar-refractivity contribution in [2.45, 2.75) is 32.5 Å². The van der Waals surface area contributed by atoms with Crippen molar-refractivity contribution in [1.82, 2.24) is 0 Å². The van der Waals surface area contributed by atoms with Crippen molar-refractivity contribution in [3.8, 4) is 11.5 Å². The summed E-state index contributed by atoms with van der Waals surface area (Å²) in [6, 6.07) is 14.8. The lowest BCUT2D eigenvalue weighted by molar-refractivity contribution is 0.0161. The number of hydrogen-bond acceptors (Lipinski definition) is 5. The van der Waals surface area contributed by atoms with Crippen molar-refractivity contribution in [3.63, 3.8) is 0 Å². The Balaban J connectivity index is 1.52. The van der Waals surface area contributed by atoms with Gasteiger partial charge in [0.1, 0.15) is 24.7 Å². The Hall–Kier alpha value is -2.53. The van der Waals surface area contributed by atoms with E-state index in [2.05, 4.69) is 0 Å². The van der Waals surface area contributed by atoms with Gasteiger partial charge in [-0.3, -0.25) is 0 Å². The van der Waals surface area contributed by atoms with E-state index in [1.54, 1.807) is 12.1 Å². The van der Waals surface area contributed by atoms with Crippen LogP contribution < -0.4 is 9.47 Å². The Morgan fingerprint density at radius 1 is 1.12 bits per heavy atom. The number of carbonyl (C=O) groups excluding carboxylic acids is 1. The lowest BCUT2D eigenvalue weighted by Crippen LogP contribution is -2.18. The van der Waals surface area contributed by atoms with E-state index in [4.69, 9.17) is 18.9 Å². The molecule has 0 N–H and O–H groups in total. The molecule has 5 nitrogen and oxygen atoms in total. The number of rotatable bonds is 8. The van der Waals surface area contributed by atoms with Gasteiger partial charge in [0, 0.05) is 6.61 Å². The molecule has 0 spiro atoms. The monoisotopic (exact) mass is 356 g/mol. The molecular weight excluding hydrogens is 332 g/mol. The molecule has 0 amide bonds. The zero-order valence-corrected chi connectivity index (χ0v) is 15.0. The Morgan fingerprint density at radius 3 is 2.58 bits per heavy atom. The largest absolute Gasteiger partial charge is 0.494 e. The first kappa shape index (κ1) is 18.3. The van der Waals surface area contributed by atoms with E-state index in [-0.39, 0.29) is 12.1 Å². The average Bonchev–Trinajstić information content (AvgIpc) is 3.20. The highest BCUT2D eigenvalue weighted by Gasteiger charge is 2.18. The Morgan fingerprint density at radius 2 is 1.88 bits per heavy atom. The van der Waals surface area contributed by atoms with Crippen LogP contribution in [0.4, 0.5) is 0 Å². The van der Waals surface area contributed by atoms with Crippen LogP contribution in [0.25, 0.3) is 0 Å². The highest BCUT2D eigenvalue weighted by Crippen LogP contribution is 2.19. The third kappa shape index (κ3) is 5.23. The number of ether oxygens (including phenoxy) is 4. The van der Waals surface area contributed by atoms with Gasteiger partial charge >= 0.3 is 5.97 Å². The van der Waals surface area contributed by atoms with Crippen LogP contribution in [0.15, 0.2) is 48.5 Å². The number of esters is 1. The SMILES string of the molecule is CCOc1ccc(OCc2cccc(C(=O)OC[C@H]3CCCO3)c2)cc1. The molecule has 3 rings (SSSR count). The normalized spacial score (nSPS) is 16.3. The lowest BCUT2D eigenvalue weighted by atomic mass is 10.1. The van der Waals surface area contributed by atoms with Crippen molar-refractivity contribution >= 4 is 5.97 Å². The molecular formula is C21H24O5. The van der Waals surface area contributed by atoms with Crippen LogP contribution in [0.5, 0.6) is 11.5 Å². The molecule has 2 aromatic rings. The first-order chi connectivity index (χ1) is 12.7. The fraction of sp³-hybridized carbons (Fsp3) is 0.381. The highest BCUT2D eigenvalue weighted by molar-refractivity contribution is 5.89. The molecule has 2 aromatic carbocycles. The minimum Gasteiger partial charge on any atom is -0.494 e. The van der Waals surface area contributed by atoms with Gasteiger partial charge in [0.05, 0.1) is 18.3 Å². The maximum absolute atomic E-state index is 12.2. The third-order valence-corrected chi connectivity index (χ3v) is 4.13. The van der Waals surface area contributed by atoms with Crippen LogP contribution in [0, 0.1) is 0 Å². The van der Waals surface area contributed by atoms with E-state index in [1.807, 2.05) is 43.3 Å². The van der Waals surface area contributed by atoms with Crippen molar-refractivity contribution in [2.24, 2.45) is 0 Å². The highest BCUT2D eigenvalue weighted by atomic mass is 16.6. The van der Waals surface area contributed by atoms with Crippen LogP contribution in [0.1, 0.15) is 35.7 Å². The summed E-state index contributed by atoms with van der Waals surface area (Å²) in [6.07, 6.45) is 2.01. The molecule has 1 aliphatic rings. The fourth-order valence-electron chi connectivity index (χ4n) is 2.78. The second kappa shape index (κ2) is 9.25. The topological polar surface area (TPSA) is 54.0 Å². The molecule has 1 heterocycles. The molecule has 0 aliphatic carbocycles. The predicted octanol–water partition coefficient (Wildman–Crippen LogP) is 4.00. The molecule has 138 valence electrons. The zero-order chi connectivity index (χ0) is 18.2. The van der Waals surface area contributed by atoms with Crippen LogP contribution in [-0.2, 0) is 16.1 Å². The van der Waals surface area contributed by atoms with Gasteiger partial charge in [0.2, 0.25) is 0 Å². The summed E-state index contributed by atoms with van der Waals surface area (Å²) < 4.78 is 22.0. The van der Waals surface area contributed by atoms with Crippen LogP contribution in [0.2, 0.25) is 0 Å². The zero-order valence-electron chi connectivity index (χ0n) is 15.0. The quantitative estimate of drug-likeness (QED) is 0.669. The molecule has 1 aliphatic heterocycles. The molecule has 0 unspecified atom stereocenters. The Labute approximate surface area is 153 Å². The van der Waals surface area contributed by atoms with Gasteiger partial charge in [-0.05, 0) is 61.7 Å². The molecule has 1 atom stereocenters. The van der Waals surface area contributed by atoms with E-state index >= 15 is 0 Å². The van der Waals surface area contributed by atoms with Gasteiger partial charge in [-0.1, -0.05) is 12.1 Å². The van der Waals surface area contributed by atoms with Gasteiger partial charge in [-0.2, -0.15) is 0 Å². The molecule has 0 radical (unpaired) electrons. The second-order valence-corrected chi connectivity index (χ2v) is 6.13. The molecule has 1 fully saturated rings. The van der Waals surface area contributed by atoms with Crippen molar-refractivity contribution in [3.05, 3.63) is 59.7 Å². The Kier molecular flexibility index (Phi) is 6.50. The van der Waals surface area contributed by atoms with Crippen LogP contribution in [0.3, 0.4) is 0 Å². The third-order valence-electron chi connectivity index (χ3n) is 4.13. The van der Waals surface area contributed by atoms with Gasteiger partial charge in [0.25, 0.3) is 0 Å². The van der Waals surface area contributed by atoms with E-state index in [0.717, 1.165) is 36.5 Å². The molecule has 0 bridgehead atoms. The van der Waals surface area contributed by atoms with Crippen LogP contribution >= 0.6 is 0 Å². The minimum absolute atomic E-state index is 0.0325. The molecule has 26 heavy (non-hydrogen) atoms. The summed E-state index contributed by atoms with van der Waals surface area (Å²) in [5.41, 5.74) is 1.43. The van der Waals surface area contributed by atoms with Gasteiger partial charge in [-0.25, -0.2) is 4.79 Å². The summed E-state index contributed by atoms with van der Waals surface area (Å²) in [7, 11) is 0. The number of benzene rings is 2. The minimum atomic E-state index is -0.330. The summed E-state index contributed by atoms with van der Waals surface area (Å²) in [6.45, 7) is 4.02. The smallest absolute Gasteiger partial charge is 0.338 e. The molecule has 1 saturated heterocycles. The molecule has 0 saturated carbocycles. The van der Waals surface area contributed by atoms with Gasteiger partial charge in [-0.15, -0.1) is 0 Å². The lowest BCUT2D eigenvalue weighted by Gasteiger charge is -2.11. The fourth-order valence-corrected chi connectivity index (χ4v) is 2.78. The van der Waals surface area contributed by atoms with Gasteiger partial charge in [0.15, 0.2) is 0 Å².